The van der Waals surface area contributed by atoms with E-state index in [0.717, 1.165) is 32.4 Å². The first-order chi connectivity index (χ1) is 16.0. The summed E-state index contributed by atoms with van der Waals surface area (Å²) in [7, 11) is 0. The van der Waals surface area contributed by atoms with E-state index < -0.39 is 12.1 Å². The fourth-order valence-electron chi connectivity index (χ4n) is 3.48. The van der Waals surface area contributed by atoms with Gasteiger partial charge in [0.15, 0.2) is 0 Å². The van der Waals surface area contributed by atoms with Crippen molar-refractivity contribution in [2.24, 2.45) is 0 Å². The van der Waals surface area contributed by atoms with E-state index in [-0.39, 0.29) is 23.4 Å². The molecule has 2 aromatic rings. The molecule has 8 nitrogen and oxygen atoms in total. The minimum atomic E-state index is -5.08. The van der Waals surface area contributed by atoms with Gasteiger partial charge in [0.1, 0.15) is 23.1 Å². The second-order valence-electron chi connectivity index (χ2n) is 7.91. The van der Waals surface area contributed by atoms with E-state index in [1.807, 2.05) is 0 Å². The molecule has 3 N–H and O–H groups in total. The second-order valence-corrected chi connectivity index (χ2v) is 7.91. The quantitative estimate of drug-likeness (QED) is 0.552. The number of carboxylic acid groups (broad SMARTS) is 1. The molecule has 184 valence electrons. The molecule has 1 unspecified atom stereocenters. The van der Waals surface area contributed by atoms with Crippen LogP contribution < -0.4 is 15.4 Å². The Kier molecular flexibility index (Phi) is 8.05. The normalized spacial score (nSPS) is 18.8. The van der Waals surface area contributed by atoms with Crippen molar-refractivity contribution in [3.8, 4) is 11.5 Å². The Hall–Kier alpha value is -3.25. The summed E-state index contributed by atoms with van der Waals surface area (Å²) in [5, 5.41) is 13.2. The molecular formula is C22H23F4N3O5. The van der Waals surface area contributed by atoms with E-state index in [4.69, 9.17) is 19.4 Å². The summed E-state index contributed by atoms with van der Waals surface area (Å²) in [6, 6.07) is 9.12. The lowest BCUT2D eigenvalue weighted by molar-refractivity contribution is -0.192. The number of nitrogens with one attached hydrogen (secondary N) is 2. The van der Waals surface area contributed by atoms with Crippen LogP contribution in [0, 0.1) is 5.82 Å². The summed E-state index contributed by atoms with van der Waals surface area (Å²) in [6.07, 6.45) is -0.209. The summed E-state index contributed by atoms with van der Waals surface area (Å²) in [5.74, 6) is -1.70. The van der Waals surface area contributed by atoms with Gasteiger partial charge in [0.2, 0.25) is 5.91 Å². The molecule has 0 aliphatic carbocycles. The van der Waals surface area contributed by atoms with Crippen molar-refractivity contribution in [3.63, 3.8) is 0 Å². The molecule has 1 aromatic carbocycles. The number of nitrogens with zero attached hydrogens (tertiary/aromatic N) is 1. The van der Waals surface area contributed by atoms with Gasteiger partial charge in [0, 0.05) is 13.1 Å². The summed E-state index contributed by atoms with van der Waals surface area (Å²) in [5.41, 5.74) is -0.0548. The van der Waals surface area contributed by atoms with Gasteiger partial charge < -0.3 is 25.2 Å². The number of carboxylic acids is 1. The van der Waals surface area contributed by atoms with Crippen LogP contribution in [0.1, 0.15) is 25.7 Å². The maximum absolute atomic E-state index is 12.9. The minimum absolute atomic E-state index is 0.0399. The van der Waals surface area contributed by atoms with Gasteiger partial charge in [-0.05, 0) is 55.7 Å². The monoisotopic (exact) mass is 485 g/mol. The first-order valence-corrected chi connectivity index (χ1v) is 10.4. The van der Waals surface area contributed by atoms with E-state index in [1.54, 1.807) is 24.3 Å². The lowest BCUT2D eigenvalue weighted by Crippen LogP contribution is -2.63. The van der Waals surface area contributed by atoms with E-state index in [1.165, 1.54) is 18.3 Å². The topological polar surface area (TPSA) is 110 Å². The zero-order valence-corrected chi connectivity index (χ0v) is 17.9. The number of amides is 1. The van der Waals surface area contributed by atoms with Crippen LogP contribution in [-0.4, -0.2) is 52.9 Å². The number of alkyl halides is 3. The van der Waals surface area contributed by atoms with Gasteiger partial charge in [-0.2, -0.15) is 13.2 Å². The van der Waals surface area contributed by atoms with Crippen LogP contribution in [0.3, 0.4) is 0 Å². The molecule has 2 fully saturated rings. The van der Waals surface area contributed by atoms with Crippen LogP contribution >= 0.6 is 0 Å². The largest absolute Gasteiger partial charge is 0.490 e. The van der Waals surface area contributed by atoms with Crippen molar-refractivity contribution < 1.29 is 41.7 Å². The third-order valence-electron chi connectivity index (χ3n) is 5.18. The lowest BCUT2D eigenvalue weighted by atomic mass is 9.86. The summed E-state index contributed by atoms with van der Waals surface area (Å²) >= 11 is 0. The number of pyridine rings is 1. The van der Waals surface area contributed by atoms with Gasteiger partial charge >= 0.3 is 12.1 Å². The zero-order chi connectivity index (χ0) is 24.8. The highest BCUT2D eigenvalue weighted by atomic mass is 19.4. The van der Waals surface area contributed by atoms with E-state index in [2.05, 4.69) is 15.6 Å². The molecule has 1 aromatic heterocycles. The number of benzene rings is 1. The highest BCUT2D eigenvalue weighted by Crippen LogP contribution is 2.33. The Balaban J connectivity index is 0.000000406. The maximum Gasteiger partial charge on any atom is 0.490 e. The highest BCUT2D eigenvalue weighted by Gasteiger charge is 2.42. The smallest absolute Gasteiger partial charge is 0.475 e. The Morgan fingerprint density at radius 2 is 1.82 bits per heavy atom. The average Bonchev–Trinajstić information content (AvgIpc) is 2.75. The molecule has 0 saturated carbocycles. The third kappa shape index (κ3) is 7.39. The molecule has 2 aliphatic rings. The van der Waals surface area contributed by atoms with Gasteiger partial charge in [-0.1, -0.05) is 0 Å². The number of anilines is 1. The Morgan fingerprint density at radius 3 is 2.35 bits per heavy atom. The summed E-state index contributed by atoms with van der Waals surface area (Å²) in [6.45, 7) is 1.75. The van der Waals surface area contributed by atoms with Gasteiger partial charge in [-0.25, -0.2) is 14.2 Å². The number of ether oxygens (including phenoxy) is 2. The number of aromatic nitrogens is 1. The highest BCUT2D eigenvalue weighted by molar-refractivity contribution is 5.90. The van der Waals surface area contributed by atoms with Crippen LogP contribution in [-0.2, 0) is 14.3 Å². The predicted octanol–water partition coefficient (Wildman–Crippen LogP) is 3.89. The van der Waals surface area contributed by atoms with Gasteiger partial charge in [-0.3, -0.25) is 4.79 Å². The van der Waals surface area contributed by atoms with Crippen molar-refractivity contribution in [1.29, 1.82) is 0 Å². The molecule has 0 radical (unpaired) electrons. The molecule has 2 aliphatic heterocycles. The van der Waals surface area contributed by atoms with E-state index >= 15 is 0 Å². The average molecular weight is 485 g/mol. The van der Waals surface area contributed by atoms with Crippen LogP contribution in [0.25, 0.3) is 0 Å². The van der Waals surface area contributed by atoms with Gasteiger partial charge in [0.25, 0.3) is 0 Å². The van der Waals surface area contributed by atoms with Crippen LogP contribution in [0.5, 0.6) is 11.5 Å². The fourth-order valence-corrected chi connectivity index (χ4v) is 3.48. The summed E-state index contributed by atoms with van der Waals surface area (Å²) < 4.78 is 56.4. The van der Waals surface area contributed by atoms with Crippen molar-refractivity contribution in [2.45, 2.75) is 43.6 Å². The fraction of sp³-hybridized carbons (Fsp3) is 0.409. The number of carbonyl (C=O) groups excluding carboxylic acids is 1. The zero-order valence-electron chi connectivity index (χ0n) is 17.9. The minimum Gasteiger partial charge on any atom is -0.475 e. The summed E-state index contributed by atoms with van der Waals surface area (Å²) in [4.78, 5) is 25.4. The number of hydrogen-bond acceptors (Lipinski definition) is 6. The van der Waals surface area contributed by atoms with E-state index in [0.29, 0.717) is 23.7 Å². The molecule has 1 spiro atoms. The Bertz CT molecular complexity index is 980. The second kappa shape index (κ2) is 10.8. The molecule has 1 atom stereocenters. The molecule has 12 heteroatoms. The lowest BCUT2D eigenvalue weighted by Gasteiger charge is -2.47. The molecule has 3 heterocycles. The molecule has 0 bridgehead atoms. The molecule has 2 saturated heterocycles. The standard InChI is InChI=1S/C20H22FN3O3.C2HF3O2/c21-14-3-5-15(6-4-14)26-17-7-8-18(23-11-17)24-19(25)10-16-2-1-9-20(27-16)12-22-13-20;3-2(4,5)1(6)7/h3-8,11,16,22H,1-2,9-10,12-13H2,(H,23,24,25);(H,6,7). The molecular weight excluding hydrogens is 462 g/mol. The number of carbonyl (C=O) groups is 2. The van der Waals surface area contributed by atoms with Crippen molar-refractivity contribution >= 4 is 17.7 Å². The van der Waals surface area contributed by atoms with Crippen LogP contribution in [0.4, 0.5) is 23.4 Å². The third-order valence-corrected chi connectivity index (χ3v) is 5.18. The first kappa shape index (κ1) is 25.4. The van der Waals surface area contributed by atoms with Gasteiger partial charge in [-0.15, -0.1) is 0 Å². The van der Waals surface area contributed by atoms with Crippen molar-refractivity contribution in [2.75, 3.05) is 18.4 Å². The Morgan fingerprint density at radius 1 is 1.18 bits per heavy atom. The van der Waals surface area contributed by atoms with E-state index in [9.17, 15) is 22.4 Å². The predicted molar refractivity (Wildman–Crippen MR) is 112 cm³/mol. The Labute approximate surface area is 192 Å². The SMILES string of the molecule is O=C(CC1CCCC2(CNC2)O1)Nc1ccc(Oc2ccc(F)cc2)cn1.O=C(O)C(F)(F)F. The van der Waals surface area contributed by atoms with Crippen molar-refractivity contribution in [1.82, 2.24) is 10.3 Å². The molecule has 4 rings (SSSR count). The number of aliphatic carboxylic acids is 1. The number of halogens is 4. The molecule has 1 amide bonds. The van der Waals surface area contributed by atoms with Gasteiger partial charge in [0.05, 0.1) is 24.3 Å². The van der Waals surface area contributed by atoms with Crippen LogP contribution in [0.2, 0.25) is 0 Å². The molecule has 34 heavy (non-hydrogen) atoms. The first-order valence-electron chi connectivity index (χ1n) is 10.4. The van der Waals surface area contributed by atoms with Crippen molar-refractivity contribution in [3.05, 3.63) is 48.4 Å². The number of rotatable bonds is 5. The maximum atomic E-state index is 12.9. The number of hydrogen-bond donors (Lipinski definition) is 3. The van der Waals surface area contributed by atoms with Crippen LogP contribution in [0.15, 0.2) is 42.6 Å².